The van der Waals surface area contributed by atoms with E-state index in [9.17, 15) is 18.0 Å². The van der Waals surface area contributed by atoms with Gasteiger partial charge in [-0.2, -0.15) is 13.2 Å². The van der Waals surface area contributed by atoms with Gasteiger partial charge >= 0.3 is 12.1 Å². The largest absolute Gasteiger partial charge is 0.487 e. The van der Waals surface area contributed by atoms with Crippen LogP contribution >= 0.6 is 27.5 Å². The first-order valence-corrected chi connectivity index (χ1v) is 7.63. The Labute approximate surface area is 148 Å². The van der Waals surface area contributed by atoms with Crippen LogP contribution < -0.4 is 4.74 Å². The van der Waals surface area contributed by atoms with E-state index in [0.717, 1.165) is 12.1 Å². The minimum atomic E-state index is -4.54. The Morgan fingerprint density at radius 3 is 2.67 bits per heavy atom. The van der Waals surface area contributed by atoms with Crippen molar-refractivity contribution in [1.29, 1.82) is 0 Å². The molecule has 1 aromatic carbocycles. The lowest BCUT2D eigenvalue weighted by atomic mass is 10.2. The summed E-state index contributed by atoms with van der Waals surface area (Å²) in [4.78, 5) is 15.5. The Bertz CT molecular complexity index is 768. The zero-order valence-corrected chi connectivity index (χ0v) is 14.5. The second-order valence-corrected chi connectivity index (χ2v) is 5.70. The molecule has 0 saturated heterocycles. The van der Waals surface area contributed by atoms with Gasteiger partial charge in [-0.05, 0) is 34.1 Å². The topological polar surface area (TPSA) is 48.4 Å². The van der Waals surface area contributed by atoms with Gasteiger partial charge in [-0.25, -0.2) is 9.78 Å². The number of ether oxygens (including phenoxy) is 2. The van der Waals surface area contributed by atoms with Crippen LogP contribution in [-0.2, 0) is 17.5 Å². The lowest BCUT2D eigenvalue weighted by Crippen LogP contribution is -2.11. The van der Waals surface area contributed by atoms with Crippen molar-refractivity contribution in [3.63, 3.8) is 0 Å². The number of esters is 1. The Balaban J connectivity index is 2.25. The molecular formula is C15H10BrClF3NO3. The number of benzene rings is 1. The number of pyridine rings is 1. The third-order valence-corrected chi connectivity index (χ3v) is 4.43. The Hall–Kier alpha value is -1.80. The molecule has 0 N–H and O–H groups in total. The molecule has 2 aromatic rings. The molecule has 0 unspecified atom stereocenters. The highest BCUT2D eigenvalue weighted by Crippen LogP contribution is 2.42. The Kier molecular flexibility index (Phi) is 5.71. The van der Waals surface area contributed by atoms with Crippen molar-refractivity contribution < 1.29 is 27.4 Å². The van der Waals surface area contributed by atoms with Crippen LogP contribution in [0.1, 0.15) is 21.6 Å². The van der Waals surface area contributed by atoms with E-state index in [0.29, 0.717) is 5.56 Å². The average Bonchev–Trinajstić information content (AvgIpc) is 2.54. The predicted octanol–water partition coefficient (Wildman–Crippen LogP) is 4.88. The molecule has 0 radical (unpaired) electrons. The standard InChI is InChI=1S/C15H10BrClF3NO3/c1-23-14(22)13-8(3-2-6-21-13)7-24-10-5-4-9(15(18,19)20)11(16)12(10)17/h2-6H,7H2,1H3. The number of hydrogen-bond donors (Lipinski definition) is 0. The Morgan fingerprint density at radius 2 is 2.04 bits per heavy atom. The van der Waals surface area contributed by atoms with Crippen LogP contribution in [0.4, 0.5) is 13.2 Å². The molecule has 0 saturated carbocycles. The highest BCUT2D eigenvalue weighted by Gasteiger charge is 2.34. The summed E-state index contributed by atoms with van der Waals surface area (Å²) in [5, 5.41) is -0.215. The number of hydrogen-bond acceptors (Lipinski definition) is 4. The monoisotopic (exact) mass is 423 g/mol. The van der Waals surface area contributed by atoms with E-state index >= 15 is 0 Å². The predicted molar refractivity (Wildman–Crippen MR) is 84.1 cm³/mol. The zero-order chi connectivity index (χ0) is 17.9. The number of methoxy groups -OCH3 is 1. The van der Waals surface area contributed by atoms with Gasteiger partial charge in [-0.3, -0.25) is 0 Å². The fourth-order valence-corrected chi connectivity index (χ4v) is 2.62. The maximum Gasteiger partial charge on any atom is 0.417 e. The van der Waals surface area contributed by atoms with Crippen LogP contribution in [0.25, 0.3) is 0 Å². The first-order valence-electron chi connectivity index (χ1n) is 6.46. The molecule has 9 heteroatoms. The van der Waals surface area contributed by atoms with Gasteiger partial charge in [0.15, 0.2) is 5.69 Å². The van der Waals surface area contributed by atoms with Crippen LogP contribution in [0.5, 0.6) is 5.75 Å². The summed E-state index contributed by atoms with van der Waals surface area (Å²) in [5.41, 5.74) is -0.435. The van der Waals surface area contributed by atoms with Crippen LogP contribution in [0.3, 0.4) is 0 Å². The molecule has 1 heterocycles. The molecule has 24 heavy (non-hydrogen) atoms. The number of halogens is 5. The van der Waals surface area contributed by atoms with Gasteiger partial charge in [0.2, 0.25) is 0 Å². The molecule has 2 rings (SSSR count). The van der Waals surface area contributed by atoms with Crippen molar-refractivity contribution in [2.75, 3.05) is 7.11 Å². The molecule has 0 aliphatic carbocycles. The minimum absolute atomic E-state index is 0.0382. The van der Waals surface area contributed by atoms with E-state index in [1.807, 2.05) is 0 Å². The minimum Gasteiger partial charge on any atom is -0.487 e. The number of aromatic nitrogens is 1. The summed E-state index contributed by atoms with van der Waals surface area (Å²) in [6.45, 7) is -0.115. The van der Waals surface area contributed by atoms with E-state index < -0.39 is 17.7 Å². The summed E-state index contributed by atoms with van der Waals surface area (Å²) < 4.78 is 48.1. The summed E-state index contributed by atoms with van der Waals surface area (Å²) in [6, 6.07) is 5.15. The summed E-state index contributed by atoms with van der Waals surface area (Å²) in [6.07, 6.45) is -3.13. The third-order valence-electron chi connectivity index (χ3n) is 3.01. The van der Waals surface area contributed by atoms with Crippen molar-refractivity contribution in [3.05, 3.63) is 56.8 Å². The number of carbonyl (C=O) groups excluding carboxylic acids is 1. The van der Waals surface area contributed by atoms with E-state index in [-0.39, 0.29) is 27.5 Å². The van der Waals surface area contributed by atoms with Crippen molar-refractivity contribution in [3.8, 4) is 5.75 Å². The quantitative estimate of drug-likeness (QED) is 0.656. The number of nitrogens with zero attached hydrogens (tertiary/aromatic N) is 1. The maximum absolute atomic E-state index is 12.8. The molecule has 0 aliphatic rings. The average molecular weight is 425 g/mol. The maximum atomic E-state index is 12.8. The van der Waals surface area contributed by atoms with Gasteiger partial charge in [0.05, 0.1) is 22.2 Å². The van der Waals surface area contributed by atoms with Crippen molar-refractivity contribution >= 4 is 33.5 Å². The fraction of sp³-hybridized carbons (Fsp3) is 0.200. The molecule has 0 fully saturated rings. The van der Waals surface area contributed by atoms with E-state index in [1.165, 1.54) is 13.3 Å². The lowest BCUT2D eigenvalue weighted by molar-refractivity contribution is -0.138. The van der Waals surface area contributed by atoms with Crippen molar-refractivity contribution in [1.82, 2.24) is 4.98 Å². The first kappa shape index (κ1) is 18.5. The van der Waals surface area contributed by atoms with Gasteiger partial charge in [-0.15, -0.1) is 0 Å². The van der Waals surface area contributed by atoms with Crippen LogP contribution in [0, 0.1) is 0 Å². The fourth-order valence-electron chi connectivity index (χ4n) is 1.85. The van der Waals surface area contributed by atoms with E-state index in [1.54, 1.807) is 12.1 Å². The third kappa shape index (κ3) is 3.99. The van der Waals surface area contributed by atoms with Crippen molar-refractivity contribution in [2.45, 2.75) is 12.8 Å². The first-order chi connectivity index (χ1) is 11.3. The molecule has 0 atom stereocenters. The Morgan fingerprint density at radius 1 is 1.33 bits per heavy atom. The van der Waals surface area contributed by atoms with Crippen LogP contribution in [0.15, 0.2) is 34.9 Å². The summed E-state index contributed by atoms with van der Waals surface area (Å²) in [7, 11) is 1.21. The smallest absolute Gasteiger partial charge is 0.417 e. The van der Waals surface area contributed by atoms with E-state index in [4.69, 9.17) is 16.3 Å². The van der Waals surface area contributed by atoms with Gasteiger partial charge in [0, 0.05) is 11.8 Å². The molecule has 0 spiro atoms. The van der Waals surface area contributed by atoms with Crippen molar-refractivity contribution in [2.24, 2.45) is 0 Å². The molecule has 0 amide bonds. The zero-order valence-electron chi connectivity index (χ0n) is 12.2. The molecule has 0 aliphatic heterocycles. The molecule has 0 bridgehead atoms. The number of rotatable bonds is 4. The highest BCUT2D eigenvalue weighted by atomic mass is 79.9. The summed E-state index contributed by atoms with van der Waals surface area (Å²) >= 11 is 8.74. The van der Waals surface area contributed by atoms with Gasteiger partial charge in [-0.1, -0.05) is 17.7 Å². The van der Waals surface area contributed by atoms with Crippen LogP contribution in [0.2, 0.25) is 5.02 Å². The normalized spacial score (nSPS) is 11.2. The lowest BCUT2D eigenvalue weighted by Gasteiger charge is -2.14. The second-order valence-electron chi connectivity index (χ2n) is 4.53. The number of alkyl halides is 3. The van der Waals surface area contributed by atoms with E-state index in [2.05, 4.69) is 25.7 Å². The number of carbonyl (C=O) groups is 1. The second kappa shape index (κ2) is 7.40. The molecular weight excluding hydrogens is 415 g/mol. The molecule has 1 aromatic heterocycles. The highest BCUT2D eigenvalue weighted by molar-refractivity contribution is 9.10. The molecule has 128 valence electrons. The van der Waals surface area contributed by atoms with Gasteiger partial charge in [0.25, 0.3) is 0 Å². The van der Waals surface area contributed by atoms with Crippen LogP contribution in [-0.4, -0.2) is 18.1 Å². The summed E-state index contributed by atoms with van der Waals surface area (Å²) in [5.74, 6) is -0.606. The SMILES string of the molecule is COC(=O)c1ncccc1COc1ccc(C(F)(F)F)c(Br)c1Cl. The molecule has 4 nitrogen and oxygen atoms in total. The van der Waals surface area contributed by atoms with Gasteiger partial charge in [0.1, 0.15) is 12.4 Å². The van der Waals surface area contributed by atoms with Gasteiger partial charge < -0.3 is 9.47 Å².